The second kappa shape index (κ2) is 9.18. The summed E-state index contributed by atoms with van der Waals surface area (Å²) in [5, 5.41) is 6.21. The average molecular weight is 316 g/mol. The van der Waals surface area contributed by atoms with E-state index in [9.17, 15) is 4.79 Å². The average Bonchev–Trinajstić information content (AvgIpc) is 2.57. The van der Waals surface area contributed by atoms with E-state index < -0.39 is 0 Å². The number of nitrogens with one attached hydrogen (secondary N) is 2. The van der Waals surface area contributed by atoms with E-state index in [2.05, 4.69) is 34.4 Å². The van der Waals surface area contributed by atoms with Gasteiger partial charge in [-0.1, -0.05) is 37.3 Å². The molecule has 1 amide bonds. The van der Waals surface area contributed by atoms with Gasteiger partial charge in [0.1, 0.15) is 6.54 Å². The fraction of sp³-hybridized carbons (Fsp3) is 0.556. The van der Waals surface area contributed by atoms with Gasteiger partial charge in [0.25, 0.3) is 0 Å². The van der Waals surface area contributed by atoms with Gasteiger partial charge in [-0.15, -0.1) is 0 Å². The molecule has 1 aromatic carbocycles. The molecule has 5 nitrogen and oxygen atoms in total. The van der Waals surface area contributed by atoms with Crippen LogP contribution < -0.4 is 10.6 Å². The number of carbonyl (C=O) groups excluding carboxylic acids is 1. The van der Waals surface area contributed by atoms with Crippen LogP contribution in [0.1, 0.15) is 32.3 Å². The zero-order chi connectivity index (χ0) is 16.5. The van der Waals surface area contributed by atoms with Gasteiger partial charge in [0.2, 0.25) is 5.91 Å². The van der Waals surface area contributed by atoms with Gasteiger partial charge in [0.15, 0.2) is 5.96 Å². The van der Waals surface area contributed by atoms with E-state index in [4.69, 9.17) is 0 Å². The Hall–Kier alpha value is -2.04. The summed E-state index contributed by atoms with van der Waals surface area (Å²) in [4.78, 5) is 18.8. The number of hydrogen-bond donors (Lipinski definition) is 2. The highest BCUT2D eigenvalue weighted by Crippen LogP contribution is 2.15. The Balaban J connectivity index is 1.85. The molecule has 126 valence electrons. The summed E-state index contributed by atoms with van der Waals surface area (Å²) in [7, 11) is 0. The first-order valence-corrected chi connectivity index (χ1v) is 8.53. The number of rotatable bonds is 5. The van der Waals surface area contributed by atoms with Crippen LogP contribution in [0.3, 0.4) is 0 Å². The molecule has 1 atom stereocenters. The maximum absolute atomic E-state index is 12.0. The first-order chi connectivity index (χ1) is 11.2. The van der Waals surface area contributed by atoms with Crippen molar-refractivity contribution in [3.8, 4) is 0 Å². The van der Waals surface area contributed by atoms with Gasteiger partial charge in [-0.3, -0.25) is 4.79 Å². The third-order valence-corrected chi connectivity index (χ3v) is 4.00. The molecule has 1 fully saturated rings. The summed E-state index contributed by atoms with van der Waals surface area (Å²) in [5.41, 5.74) is 1.10. The summed E-state index contributed by atoms with van der Waals surface area (Å²) < 4.78 is 0. The molecule has 2 N–H and O–H groups in total. The molecule has 0 saturated carbocycles. The maximum atomic E-state index is 12.0. The van der Waals surface area contributed by atoms with E-state index in [1.165, 1.54) is 12.8 Å². The van der Waals surface area contributed by atoms with E-state index >= 15 is 0 Å². The molecule has 0 aliphatic carbocycles. The van der Waals surface area contributed by atoms with Crippen LogP contribution >= 0.6 is 0 Å². The van der Waals surface area contributed by atoms with Crippen LogP contribution in [-0.4, -0.2) is 42.9 Å². The normalized spacial score (nSPS) is 18.6. The van der Waals surface area contributed by atoms with Crippen molar-refractivity contribution in [3.05, 3.63) is 35.9 Å². The Bertz CT molecular complexity index is 515. The zero-order valence-corrected chi connectivity index (χ0v) is 14.2. The molecule has 0 spiro atoms. The molecule has 23 heavy (non-hydrogen) atoms. The van der Waals surface area contributed by atoms with Crippen molar-refractivity contribution in [1.29, 1.82) is 0 Å². The molecule has 1 aromatic rings. The summed E-state index contributed by atoms with van der Waals surface area (Å²) in [5.74, 6) is 1.49. The molecule has 1 unspecified atom stereocenters. The van der Waals surface area contributed by atoms with Crippen molar-refractivity contribution in [2.45, 2.75) is 33.2 Å². The first kappa shape index (κ1) is 17.3. The van der Waals surface area contributed by atoms with Crippen LogP contribution in [0.15, 0.2) is 35.3 Å². The van der Waals surface area contributed by atoms with E-state index in [1.807, 2.05) is 30.3 Å². The molecule has 0 aromatic heterocycles. The van der Waals surface area contributed by atoms with Gasteiger partial charge in [-0.2, -0.15) is 0 Å². The Morgan fingerprint density at radius 1 is 1.30 bits per heavy atom. The summed E-state index contributed by atoms with van der Waals surface area (Å²) in [6.07, 6.45) is 2.46. The fourth-order valence-corrected chi connectivity index (χ4v) is 2.81. The van der Waals surface area contributed by atoms with E-state index in [0.29, 0.717) is 12.5 Å². The second-order valence-electron chi connectivity index (χ2n) is 6.13. The number of nitrogens with zero attached hydrogens (tertiary/aromatic N) is 2. The Labute approximate surface area is 139 Å². The van der Waals surface area contributed by atoms with E-state index in [-0.39, 0.29) is 12.5 Å². The third-order valence-electron chi connectivity index (χ3n) is 4.00. The topological polar surface area (TPSA) is 56.7 Å². The lowest BCUT2D eigenvalue weighted by molar-refractivity contribution is -0.119. The van der Waals surface area contributed by atoms with Crippen molar-refractivity contribution in [3.63, 3.8) is 0 Å². The van der Waals surface area contributed by atoms with Crippen LogP contribution in [0.25, 0.3) is 0 Å². The van der Waals surface area contributed by atoms with Gasteiger partial charge < -0.3 is 15.5 Å². The summed E-state index contributed by atoms with van der Waals surface area (Å²) >= 11 is 0. The van der Waals surface area contributed by atoms with Crippen molar-refractivity contribution in [2.75, 3.05) is 26.2 Å². The Morgan fingerprint density at radius 2 is 2.09 bits per heavy atom. The minimum absolute atomic E-state index is 0.0469. The minimum atomic E-state index is -0.0469. The van der Waals surface area contributed by atoms with E-state index in [0.717, 1.165) is 31.2 Å². The summed E-state index contributed by atoms with van der Waals surface area (Å²) in [6.45, 7) is 7.88. The fourth-order valence-electron chi connectivity index (χ4n) is 2.81. The molecule has 2 rings (SSSR count). The molecule has 1 aliphatic heterocycles. The standard InChI is InChI=1S/C18H28N4O/c1-3-19-18(22-11-7-8-15(2)14-22)21-13-17(23)20-12-16-9-5-4-6-10-16/h4-6,9-10,15H,3,7-8,11-14H2,1-2H3,(H,19,21)(H,20,23). The highest BCUT2D eigenvalue weighted by molar-refractivity contribution is 5.85. The largest absolute Gasteiger partial charge is 0.357 e. The third kappa shape index (κ3) is 5.93. The minimum Gasteiger partial charge on any atom is -0.357 e. The Kier molecular flexibility index (Phi) is 6.91. The van der Waals surface area contributed by atoms with Gasteiger partial charge in [0.05, 0.1) is 0 Å². The Morgan fingerprint density at radius 3 is 2.78 bits per heavy atom. The number of piperidine rings is 1. The first-order valence-electron chi connectivity index (χ1n) is 8.53. The molecule has 1 aliphatic rings. The van der Waals surface area contributed by atoms with Gasteiger partial charge in [-0.05, 0) is 31.2 Å². The number of hydrogen-bond acceptors (Lipinski definition) is 2. The smallest absolute Gasteiger partial charge is 0.242 e. The number of carbonyl (C=O) groups is 1. The second-order valence-corrected chi connectivity index (χ2v) is 6.13. The lowest BCUT2D eigenvalue weighted by Gasteiger charge is -2.33. The molecule has 0 radical (unpaired) electrons. The molecular formula is C18H28N4O. The van der Waals surface area contributed by atoms with Crippen LogP contribution in [0.4, 0.5) is 0 Å². The SMILES string of the molecule is CCNC(=NCC(=O)NCc1ccccc1)N1CCCC(C)C1. The van der Waals surface area contributed by atoms with Gasteiger partial charge in [0, 0.05) is 26.2 Å². The lowest BCUT2D eigenvalue weighted by atomic mass is 10.0. The lowest BCUT2D eigenvalue weighted by Crippen LogP contribution is -2.46. The van der Waals surface area contributed by atoms with Crippen LogP contribution in [-0.2, 0) is 11.3 Å². The van der Waals surface area contributed by atoms with Crippen LogP contribution in [0, 0.1) is 5.92 Å². The number of amides is 1. The predicted octanol–water partition coefficient (Wildman–Crippen LogP) is 2.00. The van der Waals surface area contributed by atoms with Crippen LogP contribution in [0.2, 0.25) is 0 Å². The quantitative estimate of drug-likeness (QED) is 0.645. The van der Waals surface area contributed by atoms with Crippen molar-refractivity contribution in [2.24, 2.45) is 10.9 Å². The molecule has 1 heterocycles. The van der Waals surface area contributed by atoms with Crippen LogP contribution in [0.5, 0.6) is 0 Å². The maximum Gasteiger partial charge on any atom is 0.242 e. The number of guanidine groups is 1. The number of aliphatic imine (C=N–C) groups is 1. The molecule has 5 heteroatoms. The summed E-state index contributed by atoms with van der Waals surface area (Å²) in [6, 6.07) is 9.92. The van der Waals surface area contributed by atoms with E-state index in [1.54, 1.807) is 0 Å². The zero-order valence-electron chi connectivity index (χ0n) is 14.2. The predicted molar refractivity (Wildman–Crippen MR) is 94.2 cm³/mol. The van der Waals surface area contributed by atoms with Gasteiger partial charge in [-0.25, -0.2) is 4.99 Å². The number of benzene rings is 1. The van der Waals surface area contributed by atoms with Crippen molar-refractivity contribution in [1.82, 2.24) is 15.5 Å². The molecular weight excluding hydrogens is 288 g/mol. The highest BCUT2D eigenvalue weighted by atomic mass is 16.1. The molecule has 0 bridgehead atoms. The van der Waals surface area contributed by atoms with Gasteiger partial charge >= 0.3 is 0 Å². The highest BCUT2D eigenvalue weighted by Gasteiger charge is 2.19. The monoisotopic (exact) mass is 316 g/mol. The van der Waals surface area contributed by atoms with Crippen molar-refractivity contribution >= 4 is 11.9 Å². The van der Waals surface area contributed by atoms with Crippen molar-refractivity contribution < 1.29 is 4.79 Å². The molecule has 1 saturated heterocycles. The number of likely N-dealkylation sites (tertiary alicyclic amines) is 1.